The molecule has 5 nitrogen and oxygen atoms in total. The molecule has 0 radical (unpaired) electrons. The van der Waals surface area contributed by atoms with E-state index in [9.17, 15) is 9.18 Å². The maximum Gasteiger partial charge on any atom is 0.237 e. The smallest absolute Gasteiger partial charge is 0.237 e. The van der Waals surface area contributed by atoms with E-state index in [1.54, 1.807) is 26.0 Å². The number of anilines is 2. The minimum atomic E-state index is -0.355. The molecule has 1 aromatic heterocycles. The molecule has 1 atom stereocenters. The number of thioether (sulfide) groups is 1. The number of amides is 1. The number of carbonyl (C=O) groups excluding carboxylic acids is 1. The van der Waals surface area contributed by atoms with Crippen molar-refractivity contribution in [3.63, 3.8) is 0 Å². The average Bonchev–Trinajstić information content (AvgIpc) is 2.90. The Bertz CT molecular complexity index is 662. The number of carbonyl (C=O) groups is 1. The van der Waals surface area contributed by atoms with Gasteiger partial charge in [0.2, 0.25) is 11.0 Å². The summed E-state index contributed by atoms with van der Waals surface area (Å²) in [6.45, 7) is 6.20. The molecule has 0 saturated heterocycles. The highest BCUT2D eigenvalue weighted by atomic mass is 32.2. The summed E-state index contributed by atoms with van der Waals surface area (Å²) in [5.74, 6) is -0.536. The topological polar surface area (TPSA) is 66.9 Å². The molecule has 1 amide bonds. The standard InChI is InChI=1S/C14H17FN4OS2/c1-4-16-13-18-19-14(22-13)21-9(3)12(20)17-10-6-5-8(2)11(15)7-10/h5-7,9H,4H2,1-3H3,(H,16,18)(H,17,20)/t9-/m1/s1. The normalized spacial score (nSPS) is 12.0. The predicted octanol–water partition coefficient (Wildman–Crippen LogP) is 3.54. The molecule has 118 valence electrons. The van der Waals surface area contributed by atoms with Crippen LogP contribution in [0.25, 0.3) is 0 Å². The molecule has 1 aromatic carbocycles. The van der Waals surface area contributed by atoms with Crippen LogP contribution in [0.5, 0.6) is 0 Å². The van der Waals surface area contributed by atoms with E-state index in [-0.39, 0.29) is 17.0 Å². The molecule has 0 saturated carbocycles. The monoisotopic (exact) mass is 340 g/mol. The minimum Gasteiger partial charge on any atom is -0.360 e. The lowest BCUT2D eigenvalue weighted by molar-refractivity contribution is -0.115. The molecule has 22 heavy (non-hydrogen) atoms. The van der Waals surface area contributed by atoms with Gasteiger partial charge in [-0.25, -0.2) is 4.39 Å². The molecule has 0 aliphatic carbocycles. The van der Waals surface area contributed by atoms with E-state index in [4.69, 9.17) is 0 Å². The molecule has 2 N–H and O–H groups in total. The fourth-order valence-electron chi connectivity index (χ4n) is 1.60. The third kappa shape index (κ3) is 4.41. The molecule has 0 aliphatic rings. The zero-order valence-corrected chi connectivity index (χ0v) is 14.1. The maximum atomic E-state index is 13.5. The Morgan fingerprint density at radius 3 is 2.91 bits per heavy atom. The van der Waals surface area contributed by atoms with Gasteiger partial charge in [0.25, 0.3) is 0 Å². The third-order valence-electron chi connectivity index (χ3n) is 2.82. The van der Waals surface area contributed by atoms with Crippen molar-refractivity contribution in [1.82, 2.24) is 10.2 Å². The largest absolute Gasteiger partial charge is 0.360 e. The van der Waals surface area contributed by atoms with Gasteiger partial charge in [-0.2, -0.15) is 0 Å². The third-order valence-corrected chi connectivity index (χ3v) is 4.89. The van der Waals surface area contributed by atoms with Gasteiger partial charge in [-0.3, -0.25) is 4.79 Å². The molecule has 8 heteroatoms. The molecular formula is C14H17FN4OS2. The van der Waals surface area contributed by atoms with Gasteiger partial charge in [-0.05, 0) is 38.5 Å². The van der Waals surface area contributed by atoms with Crippen LogP contribution in [0.1, 0.15) is 19.4 Å². The van der Waals surface area contributed by atoms with Gasteiger partial charge in [0, 0.05) is 12.2 Å². The van der Waals surface area contributed by atoms with Crippen LogP contribution in [0.4, 0.5) is 15.2 Å². The fourth-order valence-corrected chi connectivity index (χ4v) is 3.56. The fraction of sp³-hybridized carbons (Fsp3) is 0.357. The number of aryl methyl sites for hydroxylation is 1. The lowest BCUT2D eigenvalue weighted by Crippen LogP contribution is -2.22. The van der Waals surface area contributed by atoms with Crippen LogP contribution < -0.4 is 10.6 Å². The van der Waals surface area contributed by atoms with Crippen LogP contribution in [-0.2, 0) is 4.79 Å². The Kier molecular flexibility index (Phi) is 5.73. The number of nitrogens with one attached hydrogen (secondary N) is 2. The maximum absolute atomic E-state index is 13.5. The number of halogens is 1. The number of nitrogens with zero attached hydrogens (tertiary/aromatic N) is 2. The highest BCUT2D eigenvalue weighted by Gasteiger charge is 2.17. The van der Waals surface area contributed by atoms with E-state index in [0.717, 1.165) is 11.7 Å². The van der Waals surface area contributed by atoms with E-state index in [0.29, 0.717) is 15.6 Å². The Morgan fingerprint density at radius 2 is 2.23 bits per heavy atom. The lowest BCUT2D eigenvalue weighted by Gasteiger charge is -2.10. The highest BCUT2D eigenvalue weighted by Crippen LogP contribution is 2.29. The summed E-state index contributed by atoms with van der Waals surface area (Å²) in [5, 5.41) is 14.2. The quantitative estimate of drug-likeness (QED) is 0.788. The van der Waals surface area contributed by atoms with Gasteiger partial charge in [0.15, 0.2) is 4.34 Å². The highest BCUT2D eigenvalue weighted by molar-refractivity contribution is 8.02. The summed E-state index contributed by atoms with van der Waals surface area (Å²) in [6.07, 6.45) is 0. The van der Waals surface area contributed by atoms with Crippen LogP contribution >= 0.6 is 23.1 Å². The Balaban J connectivity index is 1.94. The minimum absolute atomic E-state index is 0.201. The van der Waals surface area contributed by atoms with E-state index in [1.807, 2.05) is 6.92 Å². The second-order valence-electron chi connectivity index (χ2n) is 4.62. The van der Waals surface area contributed by atoms with Crippen molar-refractivity contribution in [2.24, 2.45) is 0 Å². The lowest BCUT2D eigenvalue weighted by atomic mass is 10.2. The Morgan fingerprint density at radius 1 is 1.45 bits per heavy atom. The first-order valence-electron chi connectivity index (χ1n) is 6.80. The van der Waals surface area contributed by atoms with E-state index in [2.05, 4.69) is 20.8 Å². The van der Waals surface area contributed by atoms with Crippen LogP contribution in [0.3, 0.4) is 0 Å². The van der Waals surface area contributed by atoms with Gasteiger partial charge in [-0.1, -0.05) is 29.2 Å². The van der Waals surface area contributed by atoms with Gasteiger partial charge < -0.3 is 10.6 Å². The van der Waals surface area contributed by atoms with Gasteiger partial charge in [0.05, 0.1) is 5.25 Å². The van der Waals surface area contributed by atoms with Gasteiger partial charge in [-0.15, -0.1) is 10.2 Å². The summed E-state index contributed by atoms with van der Waals surface area (Å²) in [5.41, 5.74) is 0.997. The number of benzene rings is 1. The second-order valence-corrected chi connectivity index (χ2v) is 7.18. The van der Waals surface area contributed by atoms with E-state index < -0.39 is 0 Å². The number of hydrogen-bond donors (Lipinski definition) is 2. The molecule has 1 heterocycles. The van der Waals surface area contributed by atoms with Crippen molar-refractivity contribution in [3.8, 4) is 0 Å². The van der Waals surface area contributed by atoms with Crippen molar-refractivity contribution >= 4 is 39.8 Å². The Labute approximate surface area is 136 Å². The van der Waals surface area contributed by atoms with Crippen molar-refractivity contribution in [3.05, 3.63) is 29.6 Å². The average molecular weight is 340 g/mol. The molecule has 0 spiro atoms. The number of hydrogen-bond acceptors (Lipinski definition) is 6. The predicted molar refractivity (Wildman–Crippen MR) is 89.2 cm³/mol. The van der Waals surface area contributed by atoms with Crippen LogP contribution in [-0.4, -0.2) is 27.9 Å². The number of rotatable bonds is 6. The molecule has 2 aromatic rings. The zero-order chi connectivity index (χ0) is 16.1. The molecule has 0 unspecified atom stereocenters. The summed E-state index contributed by atoms with van der Waals surface area (Å²) < 4.78 is 14.2. The van der Waals surface area contributed by atoms with Gasteiger partial charge in [0.1, 0.15) is 5.82 Å². The van der Waals surface area contributed by atoms with Crippen molar-refractivity contribution in [2.45, 2.75) is 30.4 Å². The van der Waals surface area contributed by atoms with Gasteiger partial charge >= 0.3 is 0 Å². The molecular weight excluding hydrogens is 323 g/mol. The first kappa shape index (κ1) is 16.7. The number of aromatic nitrogens is 2. The van der Waals surface area contributed by atoms with Crippen LogP contribution in [0.2, 0.25) is 0 Å². The Hall–Kier alpha value is -1.67. The molecule has 2 rings (SSSR count). The SMILES string of the molecule is CCNc1nnc(S[C@H](C)C(=O)Nc2ccc(C)c(F)c2)s1. The van der Waals surface area contributed by atoms with Crippen LogP contribution in [0.15, 0.2) is 22.5 Å². The first-order chi connectivity index (χ1) is 10.5. The van der Waals surface area contributed by atoms with E-state index in [1.165, 1.54) is 29.2 Å². The molecule has 0 fully saturated rings. The summed E-state index contributed by atoms with van der Waals surface area (Å²) in [7, 11) is 0. The summed E-state index contributed by atoms with van der Waals surface area (Å²) >= 11 is 2.73. The summed E-state index contributed by atoms with van der Waals surface area (Å²) in [6, 6.07) is 4.64. The summed E-state index contributed by atoms with van der Waals surface area (Å²) in [4.78, 5) is 12.1. The van der Waals surface area contributed by atoms with Crippen molar-refractivity contribution in [1.29, 1.82) is 0 Å². The van der Waals surface area contributed by atoms with Crippen LogP contribution in [0, 0.1) is 12.7 Å². The van der Waals surface area contributed by atoms with Crippen molar-refractivity contribution < 1.29 is 9.18 Å². The first-order valence-corrected chi connectivity index (χ1v) is 8.50. The molecule has 0 aliphatic heterocycles. The molecule has 0 bridgehead atoms. The zero-order valence-electron chi connectivity index (χ0n) is 12.5. The van der Waals surface area contributed by atoms with E-state index >= 15 is 0 Å². The second kappa shape index (κ2) is 7.55. The van der Waals surface area contributed by atoms with Crippen molar-refractivity contribution in [2.75, 3.05) is 17.2 Å².